The Balaban J connectivity index is 1.83. The van der Waals surface area contributed by atoms with Crippen molar-refractivity contribution in [3.05, 3.63) is 59.4 Å². The van der Waals surface area contributed by atoms with E-state index in [1.54, 1.807) is 24.3 Å². The van der Waals surface area contributed by atoms with Crippen molar-refractivity contribution < 1.29 is 27.1 Å². The first-order valence-corrected chi connectivity index (χ1v) is 10.0. The monoisotopic (exact) mass is 406 g/mol. The molecular formula is C19H19FN2O5S. The Labute approximate surface area is 162 Å². The summed E-state index contributed by atoms with van der Waals surface area (Å²) in [6, 6.07) is 9.45. The van der Waals surface area contributed by atoms with Crippen molar-refractivity contribution in [3.63, 3.8) is 0 Å². The molecule has 9 heteroatoms. The highest BCUT2D eigenvalue weighted by Crippen LogP contribution is 2.22. The third-order valence-electron chi connectivity index (χ3n) is 4.33. The van der Waals surface area contributed by atoms with Gasteiger partial charge in [-0.05, 0) is 49.4 Å². The van der Waals surface area contributed by atoms with E-state index < -0.39 is 26.6 Å². The van der Waals surface area contributed by atoms with Gasteiger partial charge >= 0.3 is 0 Å². The van der Waals surface area contributed by atoms with Crippen molar-refractivity contribution in [3.8, 4) is 0 Å². The molecule has 3 rings (SSSR count). The van der Waals surface area contributed by atoms with Gasteiger partial charge in [-0.15, -0.1) is 0 Å². The zero-order valence-corrected chi connectivity index (χ0v) is 16.0. The third kappa shape index (κ3) is 4.27. The van der Waals surface area contributed by atoms with Crippen LogP contribution in [0.15, 0.2) is 47.4 Å². The van der Waals surface area contributed by atoms with Crippen LogP contribution in [0.25, 0.3) is 0 Å². The Kier molecular flexibility index (Phi) is 5.87. The van der Waals surface area contributed by atoms with Gasteiger partial charge in [0.25, 0.3) is 5.91 Å². The number of halogens is 1. The fraction of sp³-hybridized carbons (Fsp3) is 0.263. The summed E-state index contributed by atoms with van der Waals surface area (Å²) in [6.07, 6.45) is 0. The van der Waals surface area contributed by atoms with Crippen molar-refractivity contribution >= 4 is 27.4 Å². The molecule has 1 amide bonds. The second-order valence-electron chi connectivity index (χ2n) is 6.25. The van der Waals surface area contributed by atoms with Gasteiger partial charge in [0.1, 0.15) is 10.7 Å². The van der Waals surface area contributed by atoms with Gasteiger partial charge in [-0.25, -0.2) is 12.8 Å². The minimum atomic E-state index is -4.08. The van der Waals surface area contributed by atoms with Crippen molar-refractivity contribution in [1.29, 1.82) is 0 Å². The smallest absolute Gasteiger partial charge is 0.255 e. The van der Waals surface area contributed by atoms with Gasteiger partial charge in [0.05, 0.1) is 13.2 Å². The number of Topliss-reactive ketones (excluding diaryl/α,β-unsaturated/α-hetero) is 1. The Morgan fingerprint density at radius 1 is 1.04 bits per heavy atom. The molecule has 0 radical (unpaired) electrons. The molecule has 0 aliphatic carbocycles. The van der Waals surface area contributed by atoms with E-state index in [2.05, 4.69) is 5.32 Å². The van der Waals surface area contributed by atoms with Gasteiger partial charge in [-0.3, -0.25) is 9.59 Å². The maximum atomic E-state index is 14.2. The average molecular weight is 406 g/mol. The van der Waals surface area contributed by atoms with Crippen LogP contribution in [-0.2, 0) is 14.8 Å². The van der Waals surface area contributed by atoms with Gasteiger partial charge < -0.3 is 10.1 Å². The first kappa shape index (κ1) is 20.1. The molecule has 28 heavy (non-hydrogen) atoms. The normalized spacial score (nSPS) is 15.2. The zero-order chi connectivity index (χ0) is 20.3. The number of morpholine rings is 1. The number of carbonyl (C=O) groups is 2. The first-order chi connectivity index (χ1) is 13.3. The topological polar surface area (TPSA) is 92.8 Å². The van der Waals surface area contributed by atoms with Crippen LogP contribution in [-0.4, -0.2) is 50.7 Å². The van der Waals surface area contributed by atoms with E-state index in [9.17, 15) is 22.4 Å². The van der Waals surface area contributed by atoms with E-state index >= 15 is 0 Å². The second kappa shape index (κ2) is 8.17. The number of anilines is 1. The highest BCUT2D eigenvalue weighted by atomic mass is 32.2. The lowest BCUT2D eigenvalue weighted by molar-refractivity contribution is 0.0729. The predicted octanol–water partition coefficient (Wildman–Crippen LogP) is 2.30. The molecule has 0 atom stereocenters. The van der Waals surface area contributed by atoms with Crippen LogP contribution in [0.3, 0.4) is 0 Å². The number of rotatable bonds is 5. The van der Waals surface area contributed by atoms with E-state index in [0.29, 0.717) is 11.3 Å². The number of amides is 1. The Hall–Kier alpha value is -2.62. The van der Waals surface area contributed by atoms with Crippen molar-refractivity contribution in [2.45, 2.75) is 11.8 Å². The first-order valence-electron chi connectivity index (χ1n) is 8.59. The number of carbonyl (C=O) groups excluding carboxylic acids is 2. The van der Waals surface area contributed by atoms with Gasteiger partial charge in [0.15, 0.2) is 5.78 Å². The maximum absolute atomic E-state index is 14.2. The maximum Gasteiger partial charge on any atom is 0.255 e. The van der Waals surface area contributed by atoms with Crippen LogP contribution >= 0.6 is 0 Å². The predicted molar refractivity (Wildman–Crippen MR) is 100 cm³/mol. The highest BCUT2D eigenvalue weighted by Gasteiger charge is 2.29. The van der Waals surface area contributed by atoms with Crippen LogP contribution in [0.1, 0.15) is 27.6 Å². The molecule has 2 aromatic rings. The van der Waals surface area contributed by atoms with E-state index in [1.807, 2.05) is 0 Å². The van der Waals surface area contributed by atoms with E-state index in [1.165, 1.54) is 13.0 Å². The summed E-state index contributed by atoms with van der Waals surface area (Å²) in [4.78, 5) is 23.2. The summed E-state index contributed by atoms with van der Waals surface area (Å²) in [7, 11) is -4.08. The molecule has 0 spiro atoms. The Bertz CT molecular complexity index is 999. The van der Waals surface area contributed by atoms with Crippen LogP contribution in [0.2, 0.25) is 0 Å². The second-order valence-corrected chi connectivity index (χ2v) is 8.16. The number of nitrogens with zero attached hydrogens (tertiary/aromatic N) is 1. The minimum absolute atomic E-state index is 0.00359. The number of benzene rings is 2. The number of ether oxygens (including phenoxy) is 1. The molecule has 0 saturated carbocycles. The van der Waals surface area contributed by atoms with Gasteiger partial charge in [0.2, 0.25) is 10.0 Å². The standard InChI is InChI=1S/C19H19FN2O5S/c1-13(23)14-2-5-16(6-3-14)21-19(24)15-4-7-17(20)18(12-15)28(25,26)22-8-10-27-11-9-22/h2-7,12H,8-11H2,1H3,(H,21,24). The average Bonchev–Trinajstić information content (AvgIpc) is 2.69. The number of nitrogens with one attached hydrogen (secondary N) is 1. The molecule has 0 unspecified atom stereocenters. The Morgan fingerprint density at radius 3 is 2.25 bits per heavy atom. The van der Waals surface area contributed by atoms with Crippen LogP contribution in [0.4, 0.5) is 10.1 Å². The summed E-state index contributed by atoms with van der Waals surface area (Å²) >= 11 is 0. The third-order valence-corrected chi connectivity index (χ3v) is 6.24. The molecule has 148 valence electrons. The SMILES string of the molecule is CC(=O)c1ccc(NC(=O)c2ccc(F)c(S(=O)(=O)N3CCOCC3)c2)cc1. The van der Waals surface area contributed by atoms with Crippen molar-refractivity contribution in [2.75, 3.05) is 31.6 Å². The number of ketones is 1. The fourth-order valence-electron chi connectivity index (χ4n) is 2.76. The minimum Gasteiger partial charge on any atom is -0.379 e. The zero-order valence-electron chi connectivity index (χ0n) is 15.1. The van der Waals surface area contributed by atoms with Crippen molar-refractivity contribution in [1.82, 2.24) is 4.31 Å². The molecular weight excluding hydrogens is 387 g/mol. The summed E-state index contributed by atoms with van der Waals surface area (Å²) in [5.41, 5.74) is 0.930. The summed E-state index contributed by atoms with van der Waals surface area (Å²) in [6.45, 7) is 2.15. The number of hydrogen-bond acceptors (Lipinski definition) is 5. The molecule has 1 N–H and O–H groups in total. The lowest BCUT2D eigenvalue weighted by atomic mass is 10.1. The van der Waals surface area contributed by atoms with Crippen LogP contribution in [0, 0.1) is 5.82 Å². The molecule has 0 aromatic heterocycles. The summed E-state index contributed by atoms with van der Waals surface area (Å²) in [5, 5.41) is 2.60. The van der Waals surface area contributed by atoms with Gasteiger partial charge in [-0.2, -0.15) is 4.31 Å². The molecule has 0 bridgehead atoms. The van der Waals surface area contributed by atoms with Gasteiger partial charge in [-0.1, -0.05) is 0 Å². The molecule has 1 aliphatic heterocycles. The van der Waals surface area contributed by atoms with E-state index in [-0.39, 0.29) is 37.6 Å². The van der Waals surface area contributed by atoms with E-state index in [4.69, 9.17) is 4.74 Å². The number of sulfonamides is 1. The Morgan fingerprint density at radius 2 is 1.64 bits per heavy atom. The largest absolute Gasteiger partial charge is 0.379 e. The van der Waals surface area contributed by atoms with Crippen LogP contribution < -0.4 is 5.32 Å². The lowest BCUT2D eigenvalue weighted by Gasteiger charge is -2.26. The summed E-state index contributed by atoms with van der Waals surface area (Å²) < 4.78 is 45.9. The fourth-order valence-corrected chi connectivity index (χ4v) is 4.26. The highest BCUT2D eigenvalue weighted by molar-refractivity contribution is 7.89. The molecule has 1 aliphatic rings. The molecule has 7 nitrogen and oxygen atoms in total. The summed E-state index contributed by atoms with van der Waals surface area (Å²) in [5.74, 6) is -1.61. The molecule has 1 saturated heterocycles. The van der Waals surface area contributed by atoms with Gasteiger partial charge in [0, 0.05) is 29.9 Å². The van der Waals surface area contributed by atoms with Crippen molar-refractivity contribution in [2.24, 2.45) is 0 Å². The molecule has 1 heterocycles. The van der Waals surface area contributed by atoms with Crippen LogP contribution in [0.5, 0.6) is 0 Å². The molecule has 2 aromatic carbocycles. The van der Waals surface area contributed by atoms with E-state index in [0.717, 1.165) is 16.4 Å². The quantitative estimate of drug-likeness (QED) is 0.769. The molecule has 1 fully saturated rings. The number of hydrogen-bond donors (Lipinski definition) is 1. The lowest BCUT2D eigenvalue weighted by Crippen LogP contribution is -2.41.